The van der Waals surface area contributed by atoms with E-state index in [0.717, 1.165) is 13.1 Å². The molecule has 0 aliphatic carbocycles. The van der Waals surface area contributed by atoms with E-state index in [1.165, 1.54) is 12.8 Å². The van der Waals surface area contributed by atoms with Crippen LogP contribution in [0.4, 0.5) is 0 Å². The van der Waals surface area contributed by atoms with E-state index in [1.807, 2.05) is 20.0 Å². The molecule has 1 fully saturated rings. The lowest BCUT2D eigenvalue weighted by Crippen LogP contribution is -2.40. The van der Waals surface area contributed by atoms with E-state index in [0.29, 0.717) is 0 Å². The summed E-state index contributed by atoms with van der Waals surface area (Å²) in [4.78, 5) is 2.30. The number of aliphatic hydroxyl groups excluding tert-OH is 1. The van der Waals surface area contributed by atoms with Crippen LogP contribution in [0.3, 0.4) is 0 Å². The molecule has 2 nitrogen and oxygen atoms in total. The maximum Gasteiger partial charge on any atom is 0.109 e. The van der Waals surface area contributed by atoms with Crippen molar-refractivity contribution in [2.24, 2.45) is 0 Å². The van der Waals surface area contributed by atoms with E-state index in [1.54, 1.807) is 0 Å². The van der Waals surface area contributed by atoms with Gasteiger partial charge in [0.25, 0.3) is 0 Å². The zero-order valence-corrected chi connectivity index (χ0v) is 7.22. The monoisotopic (exact) mass is 153 g/mol. The van der Waals surface area contributed by atoms with Crippen molar-refractivity contribution in [1.29, 1.82) is 0 Å². The van der Waals surface area contributed by atoms with Crippen molar-refractivity contribution in [3.63, 3.8) is 0 Å². The summed E-state index contributed by atoms with van der Waals surface area (Å²) in [6, 6.07) is 0. The van der Waals surface area contributed by atoms with Gasteiger partial charge in [0, 0.05) is 0 Å². The Morgan fingerprint density at radius 2 is 1.82 bits per heavy atom. The number of rotatable bonds is 1. The van der Waals surface area contributed by atoms with Crippen LogP contribution >= 0.6 is 0 Å². The third kappa shape index (κ3) is 1.87. The first-order valence-electron chi connectivity index (χ1n) is 4.08. The lowest BCUT2D eigenvalue weighted by molar-refractivity contribution is 0.213. The maximum absolute atomic E-state index is 8.47. The molecule has 0 radical (unpaired) electrons. The first-order valence-corrected chi connectivity index (χ1v) is 4.08. The van der Waals surface area contributed by atoms with Gasteiger partial charge in [-0.15, -0.1) is 0 Å². The molecule has 1 rings (SSSR count). The minimum absolute atomic E-state index is 0.148. The van der Waals surface area contributed by atoms with Crippen LogP contribution in [0, 0.1) is 12.0 Å². The van der Waals surface area contributed by atoms with Crippen LogP contribution < -0.4 is 0 Å². The minimum Gasteiger partial charge on any atom is -0.462 e. The van der Waals surface area contributed by atoms with Crippen molar-refractivity contribution in [2.45, 2.75) is 32.2 Å². The fourth-order valence-electron chi connectivity index (χ4n) is 1.49. The van der Waals surface area contributed by atoms with Crippen LogP contribution in [0.5, 0.6) is 0 Å². The molecule has 1 heterocycles. The highest BCUT2D eigenvalue weighted by Crippen LogP contribution is 2.19. The van der Waals surface area contributed by atoms with Crippen molar-refractivity contribution in [3.05, 3.63) is 0 Å². The summed E-state index contributed by atoms with van der Waals surface area (Å²) in [5.41, 5.74) is -0.148. The van der Waals surface area contributed by atoms with Crippen LogP contribution in [-0.4, -0.2) is 28.6 Å². The summed E-state index contributed by atoms with van der Waals surface area (Å²) in [7, 11) is 0. The molecule has 1 aliphatic heterocycles. The lowest BCUT2D eigenvalue weighted by Gasteiger charge is -2.29. The summed E-state index contributed by atoms with van der Waals surface area (Å²) in [6.45, 7) is 6.31. The van der Waals surface area contributed by atoms with Gasteiger partial charge in [0.2, 0.25) is 0 Å². The van der Waals surface area contributed by atoms with Crippen LogP contribution in [0.1, 0.15) is 26.7 Å². The molecule has 0 bridgehead atoms. The van der Waals surface area contributed by atoms with E-state index in [9.17, 15) is 0 Å². The Bertz CT molecular complexity index is 181. The van der Waals surface area contributed by atoms with Crippen molar-refractivity contribution in [1.82, 2.24) is 4.90 Å². The summed E-state index contributed by atoms with van der Waals surface area (Å²) in [5.74, 6) is 2.80. The number of hydrogen-bond donors (Lipinski definition) is 1. The number of aliphatic hydroxyl groups is 1. The summed E-state index contributed by atoms with van der Waals surface area (Å²) in [5, 5.41) is 8.47. The molecule has 2 heteroatoms. The molecule has 0 saturated carbocycles. The summed E-state index contributed by atoms with van der Waals surface area (Å²) < 4.78 is 0. The number of likely N-dealkylation sites (tertiary alicyclic amines) is 1. The molecule has 0 aromatic carbocycles. The summed E-state index contributed by atoms with van der Waals surface area (Å²) >= 11 is 0. The highest BCUT2D eigenvalue weighted by Gasteiger charge is 2.26. The zero-order chi connectivity index (χ0) is 8.32. The van der Waals surface area contributed by atoms with E-state index < -0.39 is 0 Å². The van der Waals surface area contributed by atoms with Crippen molar-refractivity contribution in [3.8, 4) is 12.0 Å². The Morgan fingerprint density at radius 1 is 1.27 bits per heavy atom. The molecule has 0 aromatic heterocycles. The van der Waals surface area contributed by atoms with Gasteiger partial charge in [0.1, 0.15) is 6.11 Å². The second-order valence-corrected chi connectivity index (χ2v) is 3.49. The molecule has 0 atom stereocenters. The van der Waals surface area contributed by atoms with E-state index in [4.69, 9.17) is 5.11 Å². The fraction of sp³-hybridized carbons (Fsp3) is 0.778. The van der Waals surface area contributed by atoms with Gasteiger partial charge in [-0.2, -0.15) is 0 Å². The molecule has 0 aromatic rings. The Balaban J connectivity index is 2.60. The largest absolute Gasteiger partial charge is 0.462 e. The van der Waals surface area contributed by atoms with E-state index in [2.05, 4.69) is 10.8 Å². The van der Waals surface area contributed by atoms with Gasteiger partial charge in [-0.05, 0) is 45.7 Å². The van der Waals surface area contributed by atoms with Crippen molar-refractivity contribution < 1.29 is 5.11 Å². The highest BCUT2D eigenvalue weighted by atomic mass is 16.2. The van der Waals surface area contributed by atoms with Gasteiger partial charge in [-0.25, -0.2) is 0 Å². The molecular formula is C9H15NO. The zero-order valence-electron chi connectivity index (χ0n) is 7.22. The number of nitrogens with zero attached hydrogens (tertiary/aromatic N) is 1. The highest BCUT2D eigenvalue weighted by molar-refractivity contribution is 5.11. The molecule has 0 unspecified atom stereocenters. The average Bonchev–Trinajstić information content (AvgIpc) is 2.37. The Morgan fingerprint density at radius 3 is 2.27 bits per heavy atom. The molecule has 62 valence electrons. The van der Waals surface area contributed by atoms with Crippen LogP contribution in [0.15, 0.2) is 0 Å². The first kappa shape index (κ1) is 8.42. The molecule has 1 saturated heterocycles. The van der Waals surface area contributed by atoms with Crippen LogP contribution in [0.25, 0.3) is 0 Å². The fourth-order valence-corrected chi connectivity index (χ4v) is 1.49. The van der Waals surface area contributed by atoms with E-state index >= 15 is 0 Å². The molecule has 1 aliphatic rings. The Labute approximate surface area is 68.2 Å². The first-order chi connectivity index (χ1) is 5.17. The molecule has 1 N–H and O–H groups in total. The normalized spacial score (nSPS) is 19.5. The second kappa shape index (κ2) is 3.15. The van der Waals surface area contributed by atoms with E-state index in [-0.39, 0.29) is 5.54 Å². The average molecular weight is 153 g/mol. The molecule has 11 heavy (non-hydrogen) atoms. The Hall–Kier alpha value is -0.680. The van der Waals surface area contributed by atoms with Crippen LogP contribution in [-0.2, 0) is 0 Å². The summed E-state index contributed by atoms with van der Waals surface area (Å²) in [6.07, 6.45) is 4.51. The maximum atomic E-state index is 8.47. The topological polar surface area (TPSA) is 23.5 Å². The van der Waals surface area contributed by atoms with Crippen LogP contribution in [0.2, 0.25) is 0 Å². The lowest BCUT2D eigenvalue weighted by atomic mass is 10.1. The Kier molecular flexibility index (Phi) is 2.41. The van der Waals surface area contributed by atoms with Gasteiger partial charge in [0.05, 0.1) is 5.54 Å². The predicted molar refractivity (Wildman–Crippen MR) is 44.6 cm³/mol. The van der Waals surface area contributed by atoms with Crippen molar-refractivity contribution >= 4 is 0 Å². The van der Waals surface area contributed by atoms with Gasteiger partial charge in [-0.1, -0.05) is 0 Å². The molecule has 0 spiro atoms. The van der Waals surface area contributed by atoms with Gasteiger partial charge in [0.15, 0.2) is 0 Å². The van der Waals surface area contributed by atoms with Gasteiger partial charge in [-0.3, -0.25) is 4.90 Å². The third-order valence-electron chi connectivity index (χ3n) is 2.26. The van der Waals surface area contributed by atoms with Gasteiger partial charge < -0.3 is 5.11 Å². The SMILES string of the molecule is CC(C)(C#CO)N1CCCC1. The quantitative estimate of drug-likeness (QED) is 0.572. The molecule has 0 amide bonds. The predicted octanol–water partition coefficient (Wildman–Crippen LogP) is 1.19. The van der Waals surface area contributed by atoms with Gasteiger partial charge >= 0.3 is 0 Å². The smallest absolute Gasteiger partial charge is 0.109 e. The van der Waals surface area contributed by atoms with Crippen molar-refractivity contribution in [2.75, 3.05) is 13.1 Å². The minimum atomic E-state index is -0.148. The number of hydrogen-bond acceptors (Lipinski definition) is 2. The standard InChI is InChI=1S/C9H15NO/c1-9(2,5-8-11)10-6-3-4-7-10/h11H,3-4,6-7H2,1-2H3. The molecular weight excluding hydrogens is 138 g/mol. The second-order valence-electron chi connectivity index (χ2n) is 3.49. The third-order valence-corrected chi connectivity index (χ3v) is 2.26.